The van der Waals surface area contributed by atoms with Gasteiger partial charge in [-0.15, -0.1) is 0 Å². The minimum atomic E-state index is -4.65. The molecule has 5 fully saturated rings. The molecule has 1 saturated heterocycles. The summed E-state index contributed by atoms with van der Waals surface area (Å²) >= 11 is 0. The molecule has 0 amide bonds. The van der Waals surface area contributed by atoms with Gasteiger partial charge in [0.2, 0.25) is 5.79 Å². The molecule has 34 heavy (non-hydrogen) atoms. The number of hydrogen-bond acceptors (Lipinski definition) is 3. The molecule has 2 aromatic carbocycles. The van der Waals surface area contributed by atoms with Crippen LogP contribution in [0.1, 0.15) is 54.4 Å². The lowest BCUT2D eigenvalue weighted by atomic mass is 9.53. The summed E-state index contributed by atoms with van der Waals surface area (Å²) in [7, 11) is 0. The summed E-state index contributed by atoms with van der Waals surface area (Å²) in [4.78, 5) is 11.7. The first-order valence-corrected chi connectivity index (χ1v) is 11.4. The molecule has 0 aromatic heterocycles. The first-order chi connectivity index (χ1) is 16.0. The van der Waals surface area contributed by atoms with Crippen molar-refractivity contribution in [3.05, 3.63) is 70.8 Å². The van der Waals surface area contributed by atoms with Crippen molar-refractivity contribution < 1.29 is 40.9 Å². The van der Waals surface area contributed by atoms with Crippen LogP contribution in [0.15, 0.2) is 48.5 Å². The van der Waals surface area contributed by atoms with Crippen LogP contribution in [0.2, 0.25) is 0 Å². The molecule has 3 nitrogen and oxygen atoms in total. The molecule has 4 saturated carbocycles. The highest BCUT2D eigenvalue weighted by atomic mass is 19.4. The van der Waals surface area contributed by atoms with E-state index in [0.717, 1.165) is 56.4 Å². The molecule has 9 heteroatoms. The van der Waals surface area contributed by atoms with E-state index < -0.39 is 35.1 Å². The minimum Gasteiger partial charge on any atom is -0.304 e. The van der Waals surface area contributed by atoms with E-state index in [0.29, 0.717) is 11.8 Å². The van der Waals surface area contributed by atoms with Crippen molar-refractivity contribution in [2.24, 2.45) is 23.7 Å². The summed E-state index contributed by atoms with van der Waals surface area (Å²) in [6.45, 7) is 0. The Morgan fingerprint density at radius 3 is 1.56 bits per heavy atom. The van der Waals surface area contributed by atoms with Crippen LogP contribution < -0.4 is 0 Å². The quantitative estimate of drug-likeness (QED) is 0.338. The van der Waals surface area contributed by atoms with Crippen LogP contribution in [-0.4, -0.2) is 5.79 Å². The van der Waals surface area contributed by atoms with Crippen LogP contribution >= 0.6 is 0 Å². The van der Waals surface area contributed by atoms with E-state index in [1.807, 2.05) is 0 Å². The zero-order valence-electron chi connectivity index (χ0n) is 18.0. The number of halogens is 6. The summed E-state index contributed by atoms with van der Waals surface area (Å²) in [5.74, 6) is -2.23. The summed E-state index contributed by atoms with van der Waals surface area (Å²) in [6.07, 6.45) is -4.77. The van der Waals surface area contributed by atoms with E-state index in [1.165, 1.54) is 24.3 Å². The molecule has 5 aliphatic rings. The SMILES string of the molecule is FC(F)(F)c1cccc(C2(c3cccc(C(F)(F)F)c3)OOC3(O2)C2CC4CC(C2)CC3C4)c1. The average molecular weight is 484 g/mol. The number of hydrogen-bond donors (Lipinski definition) is 0. The average Bonchev–Trinajstić information content (AvgIpc) is 3.19. The first kappa shape index (κ1) is 22.4. The van der Waals surface area contributed by atoms with E-state index in [9.17, 15) is 26.3 Å². The van der Waals surface area contributed by atoms with Gasteiger partial charge in [0.1, 0.15) is 0 Å². The molecule has 4 bridgehead atoms. The van der Waals surface area contributed by atoms with Gasteiger partial charge in [-0.2, -0.15) is 36.1 Å². The lowest BCUT2D eigenvalue weighted by Crippen LogP contribution is -2.59. The van der Waals surface area contributed by atoms with Gasteiger partial charge in [-0.1, -0.05) is 24.3 Å². The summed E-state index contributed by atoms with van der Waals surface area (Å²) < 4.78 is 87.7. The second-order valence-corrected chi connectivity index (χ2v) is 10.1. The molecular weight excluding hydrogens is 462 g/mol. The van der Waals surface area contributed by atoms with Gasteiger partial charge in [0.25, 0.3) is 5.79 Å². The van der Waals surface area contributed by atoms with E-state index in [4.69, 9.17) is 14.5 Å². The molecule has 182 valence electrons. The second kappa shape index (κ2) is 7.21. The Hall–Kier alpha value is -2.10. The van der Waals surface area contributed by atoms with Crippen molar-refractivity contribution in [3.63, 3.8) is 0 Å². The normalized spacial score (nSPS) is 34.2. The number of alkyl halides is 6. The molecule has 4 aliphatic carbocycles. The molecule has 0 N–H and O–H groups in total. The summed E-state index contributed by atoms with van der Waals surface area (Å²) in [5, 5.41) is 0. The van der Waals surface area contributed by atoms with Gasteiger partial charge < -0.3 is 4.74 Å². The zero-order valence-corrected chi connectivity index (χ0v) is 18.0. The predicted octanol–water partition coefficient (Wildman–Crippen LogP) is 7.06. The fourth-order valence-corrected chi connectivity index (χ4v) is 6.71. The van der Waals surface area contributed by atoms with Gasteiger partial charge in [0.15, 0.2) is 0 Å². The number of rotatable bonds is 2. The fourth-order valence-electron chi connectivity index (χ4n) is 6.71. The Morgan fingerprint density at radius 2 is 1.12 bits per heavy atom. The Kier molecular flexibility index (Phi) is 4.74. The third-order valence-electron chi connectivity index (χ3n) is 8.01. The smallest absolute Gasteiger partial charge is 0.304 e. The highest BCUT2D eigenvalue weighted by Gasteiger charge is 2.67. The summed E-state index contributed by atoms with van der Waals surface area (Å²) in [6, 6.07) is 8.65. The maximum atomic E-state index is 13.5. The molecular formula is C25H22F6O3. The zero-order chi connectivity index (χ0) is 23.9. The maximum Gasteiger partial charge on any atom is 0.416 e. The van der Waals surface area contributed by atoms with Gasteiger partial charge in [-0.3, -0.25) is 0 Å². The van der Waals surface area contributed by atoms with Crippen molar-refractivity contribution in [3.8, 4) is 0 Å². The molecule has 0 unspecified atom stereocenters. The molecule has 2 aromatic rings. The first-order valence-electron chi connectivity index (χ1n) is 11.4. The van der Waals surface area contributed by atoms with Crippen molar-refractivity contribution in [1.82, 2.24) is 0 Å². The third kappa shape index (κ3) is 3.31. The summed E-state index contributed by atoms with van der Waals surface area (Å²) in [5.41, 5.74) is -2.02. The van der Waals surface area contributed by atoms with Crippen molar-refractivity contribution in [1.29, 1.82) is 0 Å². The molecule has 0 radical (unpaired) electrons. The van der Waals surface area contributed by atoms with Crippen LogP contribution in [0.5, 0.6) is 0 Å². The molecule has 7 rings (SSSR count). The fraction of sp³-hybridized carbons (Fsp3) is 0.520. The highest BCUT2D eigenvalue weighted by molar-refractivity contribution is 5.40. The third-order valence-corrected chi connectivity index (χ3v) is 8.01. The van der Waals surface area contributed by atoms with Crippen molar-refractivity contribution in [2.75, 3.05) is 0 Å². The Labute approximate surface area is 191 Å². The van der Waals surface area contributed by atoms with Gasteiger partial charge >= 0.3 is 12.4 Å². The highest BCUT2D eigenvalue weighted by Crippen LogP contribution is 2.64. The number of ether oxygens (including phenoxy) is 1. The van der Waals surface area contributed by atoms with Crippen LogP contribution in [0.3, 0.4) is 0 Å². The predicted molar refractivity (Wildman–Crippen MR) is 107 cm³/mol. The van der Waals surface area contributed by atoms with Crippen LogP contribution in [0, 0.1) is 23.7 Å². The van der Waals surface area contributed by atoms with Gasteiger partial charge in [-0.05, 0) is 68.2 Å². The van der Waals surface area contributed by atoms with E-state index in [1.54, 1.807) is 0 Å². The minimum absolute atomic E-state index is 0.0257. The second-order valence-electron chi connectivity index (χ2n) is 10.1. The van der Waals surface area contributed by atoms with Crippen LogP contribution in [-0.2, 0) is 32.7 Å². The molecule has 1 aliphatic heterocycles. The van der Waals surface area contributed by atoms with Gasteiger partial charge in [0.05, 0.1) is 11.1 Å². The van der Waals surface area contributed by atoms with Crippen molar-refractivity contribution >= 4 is 0 Å². The topological polar surface area (TPSA) is 27.7 Å². The van der Waals surface area contributed by atoms with E-state index in [2.05, 4.69) is 0 Å². The van der Waals surface area contributed by atoms with Crippen LogP contribution in [0.25, 0.3) is 0 Å². The van der Waals surface area contributed by atoms with Crippen molar-refractivity contribution in [2.45, 2.75) is 56.0 Å². The lowest BCUT2D eigenvalue weighted by Gasteiger charge is -2.57. The number of benzene rings is 2. The Bertz CT molecular complexity index is 1020. The largest absolute Gasteiger partial charge is 0.416 e. The standard InChI is InChI=1S/C25H22F6O3/c26-24(27,28)18-5-1-3-16(12-18)22(17-4-2-6-19(13-17)25(29,30)31)32-23(34-33-22)20-8-14-7-15(10-20)11-21(23)9-14/h1-6,12-15,20-21H,7-11H2. The maximum absolute atomic E-state index is 13.5. The van der Waals surface area contributed by atoms with E-state index >= 15 is 0 Å². The molecule has 1 heterocycles. The lowest BCUT2D eigenvalue weighted by molar-refractivity contribution is -0.387. The Balaban J connectivity index is 1.49. The van der Waals surface area contributed by atoms with Crippen LogP contribution in [0.4, 0.5) is 26.3 Å². The monoisotopic (exact) mass is 484 g/mol. The van der Waals surface area contributed by atoms with E-state index in [-0.39, 0.29) is 23.0 Å². The van der Waals surface area contributed by atoms with Gasteiger partial charge in [-0.25, -0.2) is 0 Å². The molecule has 0 atom stereocenters. The Morgan fingerprint density at radius 1 is 0.647 bits per heavy atom. The van der Waals surface area contributed by atoms with Gasteiger partial charge in [0, 0.05) is 23.0 Å². The molecule has 1 spiro atoms.